The molecule has 2 N–H and O–H groups in total. The van der Waals surface area contributed by atoms with Crippen molar-refractivity contribution in [3.63, 3.8) is 0 Å². The lowest BCUT2D eigenvalue weighted by molar-refractivity contribution is -0.144. The van der Waals surface area contributed by atoms with Crippen molar-refractivity contribution in [3.8, 4) is 0 Å². The molecule has 0 unspecified atom stereocenters. The second-order valence-electron chi connectivity index (χ2n) is 4.68. The number of benzene rings is 1. The van der Waals surface area contributed by atoms with E-state index in [1.165, 1.54) is 6.07 Å². The van der Waals surface area contributed by atoms with Crippen LogP contribution in [-0.4, -0.2) is 22.5 Å². The van der Waals surface area contributed by atoms with E-state index < -0.39 is 17.4 Å². The summed E-state index contributed by atoms with van der Waals surface area (Å²) >= 11 is 9.17. The monoisotopic (exact) mass is 345 g/mol. The highest BCUT2D eigenvalue weighted by Gasteiger charge is 2.42. The number of carbonyl (C=O) groups excluding carboxylic acids is 1. The van der Waals surface area contributed by atoms with Gasteiger partial charge >= 0.3 is 5.97 Å². The molecule has 1 aromatic rings. The summed E-state index contributed by atoms with van der Waals surface area (Å²) in [6, 6.07) is 4.79. The van der Waals surface area contributed by atoms with Crippen LogP contribution in [0.3, 0.4) is 0 Å². The van der Waals surface area contributed by atoms with Gasteiger partial charge in [-0.2, -0.15) is 0 Å². The first-order valence-corrected chi connectivity index (χ1v) is 7.13. The molecule has 0 spiro atoms. The Morgan fingerprint density at radius 3 is 2.47 bits per heavy atom. The molecule has 0 bridgehead atoms. The Kier molecular flexibility index (Phi) is 4.16. The molecule has 0 aromatic heterocycles. The van der Waals surface area contributed by atoms with Crippen molar-refractivity contribution in [1.29, 1.82) is 0 Å². The molecular formula is C13H13BrClNO3. The molecule has 0 saturated heterocycles. The summed E-state index contributed by atoms with van der Waals surface area (Å²) in [5.74, 6) is -1.37. The van der Waals surface area contributed by atoms with Gasteiger partial charge in [-0.15, -0.1) is 0 Å². The van der Waals surface area contributed by atoms with Gasteiger partial charge in [-0.05, 0) is 47.0 Å². The van der Waals surface area contributed by atoms with Crippen molar-refractivity contribution in [2.75, 3.05) is 0 Å². The fourth-order valence-corrected chi connectivity index (χ4v) is 2.72. The van der Waals surface area contributed by atoms with Gasteiger partial charge in [0.25, 0.3) is 5.91 Å². The van der Waals surface area contributed by atoms with Crippen LogP contribution in [0.2, 0.25) is 5.02 Å². The van der Waals surface area contributed by atoms with Crippen LogP contribution in [-0.2, 0) is 4.79 Å². The van der Waals surface area contributed by atoms with E-state index in [0.29, 0.717) is 27.9 Å². The number of hydrogen-bond donors (Lipinski definition) is 2. The maximum Gasteiger partial charge on any atom is 0.329 e. The van der Waals surface area contributed by atoms with Gasteiger partial charge in [0.1, 0.15) is 5.54 Å². The molecule has 1 aliphatic rings. The molecule has 1 fully saturated rings. The maximum atomic E-state index is 12.1. The number of carboxylic acid groups (broad SMARTS) is 1. The van der Waals surface area contributed by atoms with Crippen LogP contribution < -0.4 is 5.32 Å². The van der Waals surface area contributed by atoms with Crippen molar-refractivity contribution < 1.29 is 14.7 Å². The Hall–Kier alpha value is -1.07. The van der Waals surface area contributed by atoms with Gasteiger partial charge in [0.05, 0.1) is 5.02 Å². The molecule has 0 radical (unpaired) electrons. The van der Waals surface area contributed by atoms with Crippen LogP contribution in [0.5, 0.6) is 0 Å². The van der Waals surface area contributed by atoms with Gasteiger partial charge in [0.15, 0.2) is 0 Å². The topological polar surface area (TPSA) is 66.4 Å². The fraction of sp³-hybridized carbons (Fsp3) is 0.385. The first kappa shape index (κ1) is 14.3. The summed E-state index contributed by atoms with van der Waals surface area (Å²) < 4.78 is 0.694. The summed E-state index contributed by atoms with van der Waals surface area (Å²) in [6.45, 7) is 0. The minimum atomic E-state index is -1.13. The third-order valence-electron chi connectivity index (χ3n) is 3.40. The largest absolute Gasteiger partial charge is 0.480 e. The summed E-state index contributed by atoms with van der Waals surface area (Å²) in [5, 5.41) is 12.4. The average molecular weight is 347 g/mol. The predicted molar refractivity (Wildman–Crippen MR) is 75.5 cm³/mol. The minimum Gasteiger partial charge on any atom is -0.480 e. The summed E-state index contributed by atoms with van der Waals surface area (Å²) in [7, 11) is 0. The van der Waals surface area contributed by atoms with Gasteiger partial charge in [-0.25, -0.2) is 4.79 Å². The third-order valence-corrected chi connectivity index (χ3v) is 4.63. The van der Waals surface area contributed by atoms with Crippen molar-refractivity contribution >= 4 is 39.4 Å². The standard InChI is InChI=1S/C13H13BrClNO3/c14-9-4-3-8(7-10(9)15)11(17)16-13(12(18)19)5-1-2-6-13/h3-4,7H,1-2,5-6H2,(H,16,17)(H,18,19). The minimum absolute atomic E-state index is 0.362. The number of aliphatic carboxylic acids is 1. The zero-order valence-electron chi connectivity index (χ0n) is 10.1. The SMILES string of the molecule is O=C(NC1(C(=O)O)CCCC1)c1ccc(Br)c(Cl)c1. The lowest BCUT2D eigenvalue weighted by Gasteiger charge is -2.25. The predicted octanol–water partition coefficient (Wildman–Crippen LogP) is 3.23. The zero-order valence-corrected chi connectivity index (χ0v) is 12.4. The third kappa shape index (κ3) is 2.92. The van der Waals surface area contributed by atoms with Crippen LogP contribution in [0.25, 0.3) is 0 Å². The molecule has 1 aliphatic carbocycles. The van der Waals surface area contributed by atoms with Gasteiger partial charge in [0, 0.05) is 10.0 Å². The van der Waals surface area contributed by atoms with E-state index in [0.717, 1.165) is 12.8 Å². The molecule has 0 aliphatic heterocycles. The van der Waals surface area contributed by atoms with Gasteiger partial charge < -0.3 is 10.4 Å². The molecular weight excluding hydrogens is 334 g/mol. The first-order valence-electron chi connectivity index (χ1n) is 5.95. The Morgan fingerprint density at radius 2 is 1.95 bits per heavy atom. The van der Waals surface area contributed by atoms with Gasteiger partial charge in [0.2, 0.25) is 0 Å². The van der Waals surface area contributed by atoms with Crippen molar-refractivity contribution in [2.45, 2.75) is 31.2 Å². The molecule has 2 rings (SSSR count). The number of rotatable bonds is 3. The van der Waals surface area contributed by atoms with E-state index in [1.807, 2.05) is 0 Å². The molecule has 6 heteroatoms. The Labute approximate surface area is 124 Å². The number of amides is 1. The van der Waals surface area contributed by atoms with E-state index in [-0.39, 0.29) is 0 Å². The lowest BCUT2D eigenvalue weighted by Crippen LogP contribution is -2.52. The fourth-order valence-electron chi connectivity index (χ4n) is 2.30. The van der Waals surface area contributed by atoms with Crippen molar-refractivity contribution in [2.24, 2.45) is 0 Å². The number of carbonyl (C=O) groups is 2. The highest BCUT2D eigenvalue weighted by molar-refractivity contribution is 9.10. The lowest BCUT2D eigenvalue weighted by atomic mass is 9.97. The molecule has 1 amide bonds. The summed E-state index contributed by atoms with van der Waals surface area (Å²) in [4.78, 5) is 23.5. The van der Waals surface area contributed by atoms with Crippen LogP contribution >= 0.6 is 27.5 Å². The molecule has 4 nitrogen and oxygen atoms in total. The number of nitrogens with one attached hydrogen (secondary N) is 1. The molecule has 102 valence electrons. The van der Waals surface area contributed by atoms with E-state index in [1.54, 1.807) is 12.1 Å². The molecule has 19 heavy (non-hydrogen) atoms. The smallest absolute Gasteiger partial charge is 0.329 e. The number of hydrogen-bond acceptors (Lipinski definition) is 2. The maximum absolute atomic E-state index is 12.1. The van der Waals surface area contributed by atoms with Crippen LogP contribution in [0.4, 0.5) is 0 Å². The van der Waals surface area contributed by atoms with Crippen LogP contribution in [0, 0.1) is 0 Å². The van der Waals surface area contributed by atoms with E-state index in [9.17, 15) is 14.7 Å². The van der Waals surface area contributed by atoms with Gasteiger partial charge in [-0.1, -0.05) is 24.4 Å². The second-order valence-corrected chi connectivity index (χ2v) is 5.94. The van der Waals surface area contributed by atoms with E-state index >= 15 is 0 Å². The Morgan fingerprint density at radius 1 is 1.32 bits per heavy atom. The number of carboxylic acids is 1. The van der Waals surface area contributed by atoms with Gasteiger partial charge in [-0.3, -0.25) is 4.79 Å². The summed E-state index contributed by atoms with van der Waals surface area (Å²) in [6.07, 6.45) is 2.57. The Bertz CT molecular complexity index is 527. The highest BCUT2D eigenvalue weighted by atomic mass is 79.9. The van der Waals surface area contributed by atoms with Crippen LogP contribution in [0.1, 0.15) is 36.0 Å². The van der Waals surface area contributed by atoms with Crippen molar-refractivity contribution in [1.82, 2.24) is 5.32 Å². The normalized spacial score (nSPS) is 17.2. The van der Waals surface area contributed by atoms with E-state index in [4.69, 9.17) is 11.6 Å². The quantitative estimate of drug-likeness (QED) is 0.883. The van der Waals surface area contributed by atoms with Crippen molar-refractivity contribution in [3.05, 3.63) is 33.3 Å². The van der Waals surface area contributed by atoms with E-state index in [2.05, 4.69) is 21.2 Å². The highest BCUT2D eigenvalue weighted by Crippen LogP contribution is 2.30. The number of halogens is 2. The first-order chi connectivity index (χ1) is 8.94. The molecule has 1 saturated carbocycles. The molecule has 1 aromatic carbocycles. The molecule has 0 heterocycles. The molecule has 0 atom stereocenters. The Balaban J connectivity index is 2.20. The zero-order chi connectivity index (χ0) is 14.0. The van der Waals surface area contributed by atoms with Crippen LogP contribution in [0.15, 0.2) is 22.7 Å². The second kappa shape index (κ2) is 5.51. The summed E-state index contributed by atoms with van der Waals surface area (Å²) in [5.41, 5.74) is -0.767. The average Bonchev–Trinajstić information content (AvgIpc) is 2.82.